The highest BCUT2D eigenvalue weighted by atomic mass is 15.1. The molecule has 4 heteroatoms. The van der Waals surface area contributed by atoms with Gasteiger partial charge in [-0.15, -0.1) is 0 Å². The van der Waals surface area contributed by atoms with Crippen molar-refractivity contribution in [1.82, 2.24) is 9.97 Å². The Morgan fingerprint density at radius 3 is 2.89 bits per heavy atom. The van der Waals surface area contributed by atoms with Gasteiger partial charge in [-0.1, -0.05) is 24.3 Å². The van der Waals surface area contributed by atoms with Crippen LogP contribution in [0.3, 0.4) is 0 Å². The lowest BCUT2D eigenvalue weighted by Gasteiger charge is -2.30. The van der Waals surface area contributed by atoms with E-state index in [4.69, 9.17) is 0 Å². The van der Waals surface area contributed by atoms with Gasteiger partial charge in [-0.25, -0.2) is 4.98 Å². The van der Waals surface area contributed by atoms with Crippen LogP contribution in [0.2, 0.25) is 0 Å². The van der Waals surface area contributed by atoms with Crippen molar-refractivity contribution in [3.63, 3.8) is 0 Å². The van der Waals surface area contributed by atoms with E-state index >= 15 is 0 Å². The number of rotatable bonds is 4. The van der Waals surface area contributed by atoms with Gasteiger partial charge in [0.15, 0.2) is 0 Å². The Hall–Kier alpha value is -2.10. The van der Waals surface area contributed by atoms with Crippen molar-refractivity contribution in [2.45, 2.75) is 12.3 Å². The topological polar surface area (TPSA) is 49.8 Å². The number of hydrogen-bond acceptors (Lipinski definition) is 4. The monoisotopic (exact) mass is 240 g/mol. The van der Waals surface area contributed by atoms with E-state index in [1.54, 1.807) is 12.4 Å². The Balaban J connectivity index is 1.63. The highest BCUT2D eigenvalue weighted by molar-refractivity contribution is 5.44. The number of anilines is 2. The molecule has 1 aromatic heterocycles. The average molecular weight is 240 g/mol. The average Bonchev–Trinajstić information content (AvgIpc) is 2.40. The van der Waals surface area contributed by atoms with Gasteiger partial charge in [-0.2, -0.15) is 0 Å². The Bertz CT molecular complexity index is 553. The van der Waals surface area contributed by atoms with Crippen LogP contribution in [0.15, 0.2) is 36.7 Å². The van der Waals surface area contributed by atoms with E-state index in [1.807, 2.05) is 7.05 Å². The first-order chi connectivity index (χ1) is 8.86. The molecular weight excluding hydrogens is 224 g/mol. The molecule has 92 valence electrons. The summed E-state index contributed by atoms with van der Waals surface area (Å²) >= 11 is 0. The molecule has 0 aliphatic heterocycles. The summed E-state index contributed by atoms with van der Waals surface area (Å²) in [6.45, 7) is 0.916. The van der Waals surface area contributed by atoms with Crippen LogP contribution < -0.4 is 10.6 Å². The van der Waals surface area contributed by atoms with Crippen molar-refractivity contribution in [2.24, 2.45) is 0 Å². The largest absolute Gasteiger partial charge is 0.372 e. The summed E-state index contributed by atoms with van der Waals surface area (Å²) in [7, 11) is 1.84. The smallest absolute Gasteiger partial charge is 0.146 e. The molecule has 2 N–H and O–H groups in total. The van der Waals surface area contributed by atoms with Crippen LogP contribution in [0.5, 0.6) is 0 Å². The molecule has 0 spiro atoms. The molecule has 1 unspecified atom stereocenters. The van der Waals surface area contributed by atoms with E-state index in [2.05, 4.69) is 44.9 Å². The quantitative estimate of drug-likeness (QED) is 0.860. The third-order valence-electron chi connectivity index (χ3n) is 3.38. The Morgan fingerprint density at radius 1 is 1.22 bits per heavy atom. The lowest BCUT2D eigenvalue weighted by atomic mass is 9.78. The summed E-state index contributed by atoms with van der Waals surface area (Å²) in [6.07, 6.45) is 4.62. The molecular formula is C14H16N4. The molecule has 1 aliphatic carbocycles. The first-order valence-electron chi connectivity index (χ1n) is 6.18. The van der Waals surface area contributed by atoms with Gasteiger partial charge in [0.25, 0.3) is 0 Å². The third kappa shape index (κ3) is 2.01. The second-order valence-electron chi connectivity index (χ2n) is 4.52. The van der Waals surface area contributed by atoms with Crippen LogP contribution in [0.1, 0.15) is 17.0 Å². The summed E-state index contributed by atoms with van der Waals surface area (Å²) in [6, 6.07) is 8.62. The van der Waals surface area contributed by atoms with E-state index in [-0.39, 0.29) is 0 Å². The zero-order chi connectivity index (χ0) is 12.4. The van der Waals surface area contributed by atoms with Gasteiger partial charge in [0.2, 0.25) is 0 Å². The van der Waals surface area contributed by atoms with Crippen LogP contribution in [-0.4, -0.2) is 23.6 Å². The predicted molar refractivity (Wildman–Crippen MR) is 73.0 cm³/mol. The van der Waals surface area contributed by atoms with E-state index in [0.29, 0.717) is 5.92 Å². The second kappa shape index (κ2) is 4.64. The van der Waals surface area contributed by atoms with Gasteiger partial charge in [0.05, 0.1) is 12.4 Å². The number of benzene rings is 1. The number of nitrogens with zero attached hydrogens (tertiary/aromatic N) is 2. The summed E-state index contributed by atoms with van der Waals surface area (Å²) in [5, 5.41) is 6.33. The lowest BCUT2D eigenvalue weighted by Crippen LogP contribution is -2.24. The molecule has 3 rings (SSSR count). The van der Waals surface area contributed by atoms with Crippen molar-refractivity contribution in [3.8, 4) is 0 Å². The minimum absolute atomic E-state index is 0.598. The third-order valence-corrected chi connectivity index (χ3v) is 3.38. The zero-order valence-electron chi connectivity index (χ0n) is 10.4. The van der Waals surface area contributed by atoms with Crippen molar-refractivity contribution < 1.29 is 0 Å². The Labute approximate surface area is 106 Å². The van der Waals surface area contributed by atoms with E-state index in [9.17, 15) is 0 Å². The molecule has 1 atom stereocenters. The summed E-state index contributed by atoms with van der Waals surface area (Å²) in [5.41, 5.74) is 2.93. The normalized spacial score (nSPS) is 16.6. The van der Waals surface area contributed by atoms with Crippen LogP contribution in [-0.2, 0) is 6.42 Å². The molecule has 0 saturated heterocycles. The summed E-state index contributed by atoms with van der Waals surface area (Å²) < 4.78 is 0. The van der Waals surface area contributed by atoms with Gasteiger partial charge in [0.1, 0.15) is 11.6 Å². The molecule has 1 heterocycles. The molecule has 4 nitrogen and oxygen atoms in total. The number of nitrogens with one attached hydrogen (secondary N) is 2. The highest BCUT2D eigenvalue weighted by Crippen LogP contribution is 2.34. The number of hydrogen-bond donors (Lipinski definition) is 2. The minimum Gasteiger partial charge on any atom is -0.372 e. The molecule has 0 saturated carbocycles. The molecule has 2 aromatic rings. The summed E-state index contributed by atoms with van der Waals surface area (Å²) in [4.78, 5) is 8.53. The molecule has 18 heavy (non-hydrogen) atoms. The Morgan fingerprint density at radius 2 is 2.06 bits per heavy atom. The SMILES string of the molecule is CNc1cncc(NCC2Cc3ccccc32)n1. The fourth-order valence-corrected chi connectivity index (χ4v) is 2.34. The molecule has 0 fully saturated rings. The molecule has 1 aromatic carbocycles. The second-order valence-corrected chi connectivity index (χ2v) is 4.52. The maximum atomic E-state index is 4.39. The maximum absolute atomic E-state index is 4.39. The van der Waals surface area contributed by atoms with Gasteiger partial charge >= 0.3 is 0 Å². The van der Waals surface area contributed by atoms with Gasteiger partial charge in [-0.05, 0) is 17.5 Å². The molecule has 0 amide bonds. The molecule has 0 radical (unpaired) electrons. The van der Waals surface area contributed by atoms with Crippen LogP contribution >= 0.6 is 0 Å². The number of fused-ring (bicyclic) bond motifs is 1. The number of aromatic nitrogens is 2. The standard InChI is InChI=1S/C14H16N4/c1-15-13-8-16-9-14(18-13)17-7-11-6-10-4-2-3-5-12(10)11/h2-5,8-9,11H,6-7H2,1H3,(H2,15,17,18). The lowest BCUT2D eigenvalue weighted by molar-refractivity contribution is 0.634. The van der Waals surface area contributed by atoms with Crippen LogP contribution in [0, 0.1) is 0 Å². The van der Waals surface area contributed by atoms with E-state index in [0.717, 1.165) is 24.6 Å². The molecule has 0 bridgehead atoms. The summed E-state index contributed by atoms with van der Waals surface area (Å²) in [5.74, 6) is 2.21. The van der Waals surface area contributed by atoms with Crippen molar-refractivity contribution >= 4 is 11.6 Å². The van der Waals surface area contributed by atoms with Crippen LogP contribution in [0.25, 0.3) is 0 Å². The van der Waals surface area contributed by atoms with E-state index in [1.165, 1.54) is 11.1 Å². The van der Waals surface area contributed by atoms with Gasteiger partial charge in [-0.3, -0.25) is 4.98 Å². The Kier molecular flexibility index (Phi) is 2.84. The first kappa shape index (κ1) is 11.0. The molecule has 1 aliphatic rings. The zero-order valence-corrected chi connectivity index (χ0v) is 10.4. The maximum Gasteiger partial charge on any atom is 0.146 e. The fraction of sp³-hybridized carbons (Fsp3) is 0.286. The van der Waals surface area contributed by atoms with Gasteiger partial charge < -0.3 is 10.6 Å². The predicted octanol–water partition coefficient (Wildman–Crippen LogP) is 2.27. The first-order valence-corrected chi connectivity index (χ1v) is 6.18. The van der Waals surface area contributed by atoms with E-state index < -0.39 is 0 Å². The van der Waals surface area contributed by atoms with Crippen LogP contribution in [0.4, 0.5) is 11.6 Å². The highest BCUT2D eigenvalue weighted by Gasteiger charge is 2.24. The van der Waals surface area contributed by atoms with Gasteiger partial charge in [0, 0.05) is 19.5 Å². The van der Waals surface area contributed by atoms with Crippen molar-refractivity contribution in [2.75, 3.05) is 24.2 Å². The van der Waals surface area contributed by atoms with Crippen molar-refractivity contribution in [3.05, 3.63) is 47.8 Å². The minimum atomic E-state index is 0.598. The fourth-order valence-electron chi connectivity index (χ4n) is 2.34. The van der Waals surface area contributed by atoms with Crippen molar-refractivity contribution in [1.29, 1.82) is 0 Å².